The maximum Gasteiger partial charge on any atom is 0.242 e. The summed E-state index contributed by atoms with van der Waals surface area (Å²) < 4.78 is 10.9. The zero-order chi connectivity index (χ0) is 17.4. The largest absolute Gasteiger partial charge is 0.493 e. The predicted molar refractivity (Wildman–Crippen MR) is 94.4 cm³/mol. The van der Waals surface area contributed by atoms with Crippen LogP contribution in [0.4, 0.5) is 0 Å². The second-order valence-electron chi connectivity index (χ2n) is 5.57. The lowest BCUT2D eigenvalue weighted by Gasteiger charge is -2.23. The van der Waals surface area contributed by atoms with E-state index in [-0.39, 0.29) is 11.9 Å². The van der Waals surface area contributed by atoms with E-state index in [1.807, 2.05) is 73.6 Å². The van der Waals surface area contributed by atoms with Gasteiger partial charge in [0, 0.05) is 0 Å². The van der Waals surface area contributed by atoms with E-state index in [0.29, 0.717) is 24.7 Å². The fourth-order valence-electron chi connectivity index (χ4n) is 2.49. The smallest absolute Gasteiger partial charge is 0.242 e. The molecule has 0 heterocycles. The summed E-state index contributed by atoms with van der Waals surface area (Å²) in [6, 6.07) is 16.8. The van der Waals surface area contributed by atoms with Crippen molar-refractivity contribution in [3.63, 3.8) is 0 Å². The van der Waals surface area contributed by atoms with Crippen molar-refractivity contribution in [3.05, 3.63) is 60.2 Å². The number of benzene rings is 2. The number of ether oxygens (including phenoxy) is 2. The number of nitrogens with zero attached hydrogens (tertiary/aromatic N) is 1. The molecule has 0 radical (unpaired) electrons. The van der Waals surface area contributed by atoms with Crippen LogP contribution < -0.4 is 14.8 Å². The van der Waals surface area contributed by atoms with Gasteiger partial charge in [-0.25, -0.2) is 0 Å². The van der Waals surface area contributed by atoms with Crippen LogP contribution in [0.15, 0.2) is 54.6 Å². The minimum absolute atomic E-state index is 0.0465. The Morgan fingerprint density at radius 1 is 1.04 bits per heavy atom. The minimum atomic E-state index is -0.322. The summed E-state index contributed by atoms with van der Waals surface area (Å²) in [5.74, 6) is 1.30. The van der Waals surface area contributed by atoms with E-state index in [9.17, 15) is 4.79 Å². The molecular formula is C19H24N2O3. The van der Waals surface area contributed by atoms with Gasteiger partial charge in [-0.05, 0) is 31.8 Å². The lowest BCUT2D eigenvalue weighted by Crippen LogP contribution is -2.38. The highest BCUT2D eigenvalue weighted by atomic mass is 16.5. The van der Waals surface area contributed by atoms with E-state index < -0.39 is 0 Å². The number of para-hydroxylation sites is 2. The summed E-state index contributed by atoms with van der Waals surface area (Å²) >= 11 is 0. The van der Waals surface area contributed by atoms with Crippen LogP contribution in [0.1, 0.15) is 11.6 Å². The maximum atomic E-state index is 12.5. The molecule has 0 spiro atoms. The van der Waals surface area contributed by atoms with E-state index in [1.165, 1.54) is 0 Å². The average Bonchev–Trinajstić information content (AvgIpc) is 2.60. The number of carbonyl (C=O) groups excluding carboxylic acids is 1. The van der Waals surface area contributed by atoms with E-state index in [2.05, 4.69) is 5.32 Å². The third kappa shape index (κ3) is 4.73. The molecule has 1 N–H and O–H groups in total. The molecule has 5 nitrogen and oxygen atoms in total. The summed E-state index contributed by atoms with van der Waals surface area (Å²) in [6.07, 6.45) is 0. The molecule has 0 aromatic heterocycles. The number of amides is 1. The monoisotopic (exact) mass is 328 g/mol. The normalized spacial score (nSPS) is 11.8. The fraction of sp³-hybridized carbons (Fsp3) is 0.316. The SMILES string of the molecule is COc1ccccc1OCCNC(=O)[C@H](c1ccccc1)N(C)C. The standard InChI is InChI=1S/C19H24N2O3/c1-21(2)18(15-9-5-4-6-10-15)19(22)20-13-14-24-17-12-8-7-11-16(17)23-3/h4-12,18H,13-14H2,1-3H3,(H,20,22)/t18-/m0/s1. The van der Waals surface area contributed by atoms with Gasteiger partial charge in [-0.15, -0.1) is 0 Å². The molecule has 0 saturated carbocycles. The number of rotatable bonds is 8. The van der Waals surface area contributed by atoms with Gasteiger partial charge in [-0.3, -0.25) is 9.69 Å². The Morgan fingerprint density at radius 2 is 1.67 bits per heavy atom. The van der Waals surface area contributed by atoms with Gasteiger partial charge >= 0.3 is 0 Å². The topological polar surface area (TPSA) is 50.8 Å². The molecule has 0 aliphatic carbocycles. The van der Waals surface area contributed by atoms with Gasteiger partial charge in [0.2, 0.25) is 5.91 Å². The molecule has 0 unspecified atom stereocenters. The Balaban J connectivity index is 1.87. The van der Waals surface area contributed by atoms with Crippen molar-refractivity contribution < 1.29 is 14.3 Å². The molecule has 0 fully saturated rings. The fourth-order valence-corrected chi connectivity index (χ4v) is 2.49. The van der Waals surface area contributed by atoms with Gasteiger partial charge in [0.1, 0.15) is 12.6 Å². The summed E-state index contributed by atoms with van der Waals surface area (Å²) in [5, 5.41) is 2.92. The third-order valence-electron chi connectivity index (χ3n) is 3.61. The van der Waals surface area contributed by atoms with Crippen molar-refractivity contribution >= 4 is 5.91 Å². The summed E-state index contributed by atoms with van der Waals surface area (Å²) in [4.78, 5) is 14.4. The molecule has 0 aliphatic heterocycles. The number of hydrogen-bond donors (Lipinski definition) is 1. The van der Waals surface area contributed by atoms with Crippen molar-refractivity contribution in [1.29, 1.82) is 0 Å². The van der Waals surface area contributed by atoms with Gasteiger partial charge in [-0.2, -0.15) is 0 Å². The Hall–Kier alpha value is -2.53. The van der Waals surface area contributed by atoms with Crippen LogP contribution in [-0.4, -0.2) is 45.2 Å². The van der Waals surface area contributed by atoms with Crippen molar-refractivity contribution in [3.8, 4) is 11.5 Å². The Bertz CT molecular complexity index is 644. The molecule has 5 heteroatoms. The van der Waals surface area contributed by atoms with Gasteiger partial charge < -0.3 is 14.8 Å². The minimum Gasteiger partial charge on any atom is -0.493 e. The van der Waals surface area contributed by atoms with Crippen LogP contribution >= 0.6 is 0 Å². The summed E-state index contributed by atoms with van der Waals surface area (Å²) in [5.41, 5.74) is 0.964. The van der Waals surface area contributed by atoms with Gasteiger partial charge in [0.25, 0.3) is 0 Å². The highest BCUT2D eigenvalue weighted by Gasteiger charge is 2.22. The first-order chi connectivity index (χ1) is 11.6. The molecule has 2 aromatic rings. The first-order valence-electron chi connectivity index (χ1n) is 7.88. The molecule has 0 bridgehead atoms. The van der Waals surface area contributed by atoms with Crippen LogP contribution in [0.25, 0.3) is 0 Å². The molecule has 128 valence electrons. The van der Waals surface area contributed by atoms with Crippen LogP contribution in [0.2, 0.25) is 0 Å². The second-order valence-corrected chi connectivity index (χ2v) is 5.57. The Morgan fingerprint density at radius 3 is 2.29 bits per heavy atom. The van der Waals surface area contributed by atoms with Crippen LogP contribution in [0, 0.1) is 0 Å². The zero-order valence-electron chi connectivity index (χ0n) is 14.4. The first kappa shape index (κ1) is 17.8. The summed E-state index contributed by atoms with van der Waals surface area (Å²) in [7, 11) is 5.39. The molecule has 2 aromatic carbocycles. The van der Waals surface area contributed by atoms with Crippen LogP contribution in [-0.2, 0) is 4.79 Å². The molecule has 2 rings (SSSR count). The highest BCUT2D eigenvalue weighted by Crippen LogP contribution is 2.25. The van der Waals surface area contributed by atoms with E-state index in [1.54, 1.807) is 7.11 Å². The molecule has 1 amide bonds. The first-order valence-corrected chi connectivity index (χ1v) is 7.88. The third-order valence-corrected chi connectivity index (χ3v) is 3.61. The maximum absolute atomic E-state index is 12.5. The average molecular weight is 328 g/mol. The van der Waals surface area contributed by atoms with Crippen molar-refractivity contribution in [2.45, 2.75) is 6.04 Å². The van der Waals surface area contributed by atoms with E-state index >= 15 is 0 Å². The van der Waals surface area contributed by atoms with Gasteiger partial charge in [0.15, 0.2) is 11.5 Å². The van der Waals surface area contributed by atoms with Crippen molar-refractivity contribution in [2.75, 3.05) is 34.4 Å². The molecule has 0 saturated heterocycles. The zero-order valence-corrected chi connectivity index (χ0v) is 14.4. The van der Waals surface area contributed by atoms with E-state index in [0.717, 1.165) is 5.56 Å². The van der Waals surface area contributed by atoms with E-state index in [4.69, 9.17) is 9.47 Å². The van der Waals surface area contributed by atoms with Crippen LogP contribution in [0.5, 0.6) is 11.5 Å². The Kier molecular flexibility index (Phi) is 6.63. The van der Waals surface area contributed by atoms with Gasteiger partial charge in [0.05, 0.1) is 13.7 Å². The molecule has 0 aliphatic rings. The lowest BCUT2D eigenvalue weighted by molar-refractivity contribution is -0.125. The molecular weight excluding hydrogens is 304 g/mol. The van der Waals surface area contributed by atoms with Crippen LogP contribution in [0.3, 0.4) is 0 Å². The van der Waals surface area contributed by atoms with Crippen molar-refractivity contribution in [2.24, 2.45) is 0 Å². The molecule has 1 atom stereocenters. The molecule has 24 heavy (non-hydrogen) atoms. The predicted octanol–water partition coefficient (Wildman–Crippen LogP) is 2.49. The lowest BCUT2D eigenvalue weighted by atomic mass is 10.1. The number of carbonyl (C=O) groups is 1. The van der Waals surface area contributed by atoms with Crippen molar-refractivity contribution in [1.82, 2.24) is 10.2 Å². The number of likely N-dealkylation sites (N-methyl/N-ethyl adjacent to an activating group) is 1. The highest BCUT2D eigenvalue weighted by molar-refractivity contribution is 5.83. The second kappa shape index (κ2) is 8.93. The number of hydrogen-bond acceptors (Lipinski definition) is 4. The quantitative estimate of drug-likeness (QED) is 0.757. The van der Waals surface area contributed by atoms with Gasteiger partial charge in [-0.1, -0.05) is 42.5 Å². The Labute approximate surface area is 143 Å². The summed E-state index contributed by atoms with van der Waals surface area (Å²) in [6.45, 7) is 0.801. The number of methoxy groups -OCH3 is 1. The number of nitrogens with one attached hydrogen (secondary N) is 1.